The van der Waals surface area contributed by atoms with Gasteiger partial charge in [-0.15, -0.1) is 0 Å². The number of nitrogen functional groups attached to an aromatic ring is 1. The molecule has 11 nitrogen and oxygen atoms in total. The van der Waals surface area contributed by atoms with E-state index < -0.39 is 19.0 Å². The van der Waals surface area contributed by atoms with E-state index in [4.69, 9.17) is 19.5 Å². The molecule has 0 aliphatic carbocycles. The SMILES string of the molecule is CCC(=O)SCCOP(=O)(COCCn1cnc2c(=O)[nH]c(N)nc21)OCc1ccc(C)c(F)c1. The molecule has 1 unspecified atom stereocenters. The lowest BCUT2D eigenvalue weighted by atomic mass is 10.1. The van der Waals surface area contributed by atoms with Crippen LogP contribution in [0.5, 0.6) is 0 Å². The number of benzene rings is 1. The van der Waals surface area contributed by atoms with Gasteiger partial charge in [0.05, 0.1) is 26.1 Å². The van der Waals surface area contributed by atoms with E-state index in [0.29, 0.717) is 28.9 Å². The zero-order valence-corrected chi connectivity index (χ0v) is 21.1. The van der Waals surface area contributed by atoms with Crippen molar-refractivity contribution in [3.8, 4) is 0 Å². The van der Waals surface area contributed by atoms with Crippen LogP contribution in [-0.4, -0.2) is 49.9 Å². The molecule has 35 heavy (non-hydrogen) atoms. The maximum absolute atomic E-state index is 13.8. The van der Waals surface area contributed by atoms with Gasteiger partial charge in [-0.2, -0.15) is 4.98 Å². The minimum absolute atomic E-state index is 0.00336. The molecule has 1 atom stereocenters. The second-order valence-corrected chi connectivity index (χ2v) is 10.6. The van der Waals surface area contributed by atoms with Crippen molar-refractivity contribution in [1.29, 1.82) is 0 Å². The number of imidazole rings is 1. The van der Waals surface area contributed by atoms with E-state index in [1.807, 2.05) is 0 Å². The van der Waals surface area contributed by atoms with Crippen LogP contribution in [0.2, 0.25) is 0 Å². The number of aromatic nitrogens is 4. The molecule has 0 fully saturated rings. The number of aromatic amines is 1. The van der Waals surface area contributed by atoms with E-state index in [1.54, 1.807) is 30.5 Å². The highest BCUT2D eigenvalue weighted by molar-refractivity contribution is 8.13. The Kier molecular flexibility index (Phi) is 9.58. The van der Waals surface area contributed by atoms with Gasteiger partial charge in [-0.1, -0.05) is 30.8 Å². The summed E-state index contributed by atoms with van der Waals surface area (Å²) in [6, 6.07) is 4.58. The van der Waals surface area contributed by atoms with E-state index in [1.165, 1.54) is 12.4 Å². The fourth-order valence-electron chi connectivity index (χ4n) is 2.92. The molecule has 3 aromatic rings. The number of fused-ring (bicyclic) bond motifs is 1. The van der Waals surface area contributed by atoms with Crippen molar-refractivity contribution in [2.24, 2.45) is 0 Å². The van der Waals surface area contributed by atoms with Gasteiger partial charge in [0.1, 0.15) is 12.2 Å². The third kappa shape index (κ3) is 7.71. The predicted molar refractivity (Wildman–Crippen MR) is 131 cm³/mol. The molecular formula is C21H27FN5O6PS. The normalized spacial score (nSPS) is 13.2. The number of aryl methyl sites for hydroxylation is 1. The second kappa shape index (κ2) is 12.4. The number of thioether (sulfide) groups is 1. The Hall–Kier alpha value is -2.57. The number of nitrogens with two attached hydrogens (primary N) is 1. The highest BCUT2D eigenvalue weighted by Crippen LogP contribution is 2.49. The Bertz CT molecular complexity index is 1280. The van der Waals surface area contributed by atoms with Crippen LogP contribution in [0.25, 0.3) is 11.2 Å². The highest BCUT2D eigenvalue weighted by atomic mass is 32.2. The van der Waals surface area contributed by atoms with Gasteiger partial charge in [-0.3, -0.25) is 19.1 Å². The molecule has 0 aliphatic heterocycles. The van der Waals surface area contributed by atoms with Crippen LogP contribution in [0.4, 0.5) is 10.3 Å². The fourth-order valence-corrected chi connectivity index (χ4v) is 4.93. The average molecular weight is 528 g/mol. The molecule has 1 aromatic carbocycles. The molecule has 0 saturated carbocycles. The van der Waals surface area contributed by atoms with Crippen LogP contribution >= 0.6 is 19.4 Å². The van der Waals surface area contributed by atoms with Gasteiger partial charge in [-0.25, -0.2) is 9.37 Å². The van der Waals surface area contributed by atoms with E-state index >= 15 is 0 Å². The van der Waals surface area contributed by atoms with Crippen molar-refractivity contribution in [2.75, 3.05) is 31.0 Å². The molecule has 2 aromatic heterocycles. The first-order valence-electron chi connectivity index (χ1n) is 10.8. The summed E-state index contributed by atoms with van der Waals surface area (Å²) in [6.45, 7) is 3.59. The lowest BCUT2D eigenvalue weighted by molar-refractivity contribution is -0.110. The Morgan fingerprint density at radius 1 is 1.31 bits per heavy atom. The molecular weight excluding hydrogens is 500 g/mol. The largest absolute Gasteiger partial charge is 0.369 e. The maximum atomic E-state index is 13.8. The number of ether oxygens (including phenoxy) is 1. The minimum atomic E-state index is -3.74. The topological polar surface area (TPSA) is 151 Å². The monoisotopic (exact) mass is 527 g/mol. The third-order valence-corrected chi connectivity index (χ3v) is 7.38. The molecule has 14 heteroatoms. The van der Waals surface area contributed by atoms with Crippen molar-refractivity contribution in [3.63, 3.8) is 0 Å². The molecule has 0 amide bonds. The van der Waals surface area contributed by atoms with Crippen molar-refractivity contribution >= 4 is 41.6 Å². The lowest BCUT2D eigenvalue weighted by Gasteiger charge is -2.19. The Morgan fingerprint density at radius 3 is 2.86 bits per heavy atom. The highest BCUT2D eigenvalue weighted by Gasteiger charge is 2.26. The fraction of sp³-hybridized carbons (Fsp3) is 0.429. The zero-order valence-electron chi connectivity index (χ0n) is 19.4. The van der Waals surface area contributed by atoms with Crippen molar-refractivity contribution in [1.82, 2.24) is 19.5 Å². The molecule has 0 bridgehead atoms. The van der Waals surface area contributed by atoms with E-state index in [-0.39, 0.29) is 49.3 Å². The predicted octanol–water partition coefficient (Wildman–Crippen LogP) is 3.22. The Morgan fingerprint density at radius 2 is 2.11 bits per heavy atom. The number of hydrogen-bond donors (Lipinski definition) is 2. The van der Waals surface area contributed by atoms with Crippen molar-refractivity contribution < 1.29 is 27.5 Å². The molecule has 0 aliphatic rings. The number of carbonyl (C=O) groups is 1. The number of H-pyrrole nitrogens is 1. The number of carbonyl (C=O) groups excluding carboxylic acids is 1. The number of rotatable bonds is 13. The van der Waals surface area contributed by atoms with Gasteiger partial charge in [0.2, 0.25) is 5.95 Å². The molecule has 3 rings (SSSR count). The summed E-state index contributed by atoms with van der Waals surface area (Å²) in [5, 5.41) is -0.00336. The Balaban J connectivity index is 1.59. The van der Waals surface area contributed by atoms with Crippen molar-refractivity contribution in [3.05, 3.63) is 51.8 Å². The zero-order chi connectivity index (χ0) is 25.4. The summed E-state index contributed by atoms with van der Waals surface area (Å²) in [5.41, 5.74) is 6.55. The van der Waals surface area contributed by atoms with Gasteiger partial charge in [0.25, 0.3) is 5.56 Å². The minimum Gasteiger partial charge on any atom is -0.369 e. The molecule has 190 valence electrons. The summed E-state index contributed by atoms with van der Waals surface area (Å²) in [6.07, 6.45) is 1.45. The molecule has 3 N–H and O–H groups in total. The first-order valence-corrected chi connectivity index (χ1v) is 13.5. The lowest BCUT2D eigenvalue weighted by Crippen LogP contribution is -2.13. The molecule has 0 radical (unpaired) electrons. The maximum Gasteiger partial charge on any atom is 0.356 e. The smallest absolute Gasteiger partial charge is 0.356 e. The van der Waals surface area contributed by atoms with Gasteiger partial charge in [0, 0.05) is 18.7 Å². The number of nitrogens with zero attached hydrogens (tertiary/aromatic N) is 3. The van der Waals surface area contributed by atoms with Crippen LogP contribution < -0.4 is 11.3 Å². The first-order chi connectivity index (χ1) is 16.7. The van der Waals surface area contributed by atoms with Gasteiger partial charge in [0.15, 0.2) is 16.3 Å². The van der Waals surface area contributed by atoms with Gasteiger partial charge in [-0.05, 0) is 24.1 Å². The van der Waals surface area contributed by atoms with Crippen molar-refractivity contribution in [2.45, 2.75) is 33.4 Å². The summed E-state index contributed by atoms with van der Waals surface area (Å²) in [7, 11) is -3.74. The first kappa shape index (κ1) is 27.0. The Labute approximate surface area is 205 Å². The molecule has 2 heterocycles. The second-order valence-electron chi connectivity index (χ2n) is 7.47. The molecule has 0 saturated heterocycles. The number of nitrogens with one attached hydrogen (secondary N) is 1. The van der Waals surface area contributed by atoms with E-state index in [2.05, 4.69) is 15.0 Å². The van der Waals surface area contributed by atoms with Crippen LogP contribution in [0.1, 0.15) is 24.5 Å². The third-order valence-electron chi connectivity index (χ3n) is 4.81. The standard InChI is InChI=1S/C21H27FN5O6PS/c1-3-17(28)35-9-8-32-34(30,33-11-15-5-4-14(2)16(22)10-15)13-31-7-6-27-12-24-18-19(27)25-21(23)26-20(18)29/h4-5,10,12H,3,6-9,11,13H2,1-2H3,(H3,23,25,26,29). The summed E-state index contributed by atoms with van der Waals surface area (Å²) < 4.78 is 45.3. The average Bonchev–Trinajstić information content (AvgIpc) is 3.23. The summed E-state index contributed by atoms with van der Waals surface area (Å²) >= 11 is 1.08. The summed E-state index contributed by atoms with van der Waals surface area (Å²) in [5.74, 6) is -0.126. The number of anilines is 1. The van der Waals surface area contributed by atoms with Crippen LogP contribution in [0, 0.1) is 12.7 Å². The quantitative estimate of drug-likeness (QED) is 0.250. The van der Waals surface area contributed by atoms with Crippen LogP contribution in [0.15, 0.2) is 29.3 Å². The number of hydrogen-bond acceptors (Lipinski definition) is 10. The van der Waals surface area contributed by atoms with Crippen LogP contribution in [0.3, 0.4) is 0 Å². The number of halogens is 1. The van der Waals surface area contributed by atoms with Crippen LogP contribution in [-0.2, 0) is 36.3 Å². The van der Waals surface area contributed by atoms with Gasteiger partial charge < -0.3 is 24.1 Å². The van der Waals surface area contributed by atoms with E-state index in [0.717, 1.165) is 11.8 Å². The molecule has 0 spiro atoms. The summed E-state index contributed by atoms with van der Waals surface area (Å²) in [4.78, 5) is 33.8. The van der Waals surface area contributed by atoms with E-state index in [9.17, 15) is 18.5 Å². The van der Waals surface area contributed by atoms with Gasteiger partial charge >= 0.3 is 7.60 Å².